The van der Waals surface area contributed by atoms with E-state index in [1.807, 2.05) is 24.3 Å². The number of halogens is 1. The monoisotopic (exact) mass is 527 g/mol. The molecule has 2 heterocycles. The fraction of sp³-hybridized carbons (Fsp3) is 0.368. The van der Waals surface area contributed by atoms with Gasteiger partial charge in [-0.25, -0.2) is 9.97 Å². The van der Waals surface area contributed by atoms with Crippen molar-refractivity contribution in [2.24, 2.45) is 4.99 Å². The van der Waals surface area contributed by atoms with Crippen LogP contribution in [0.25, 0.3) is 11.4 Å². The third kappa shape index (κ3) is 6.39. The number of H-pyrrole nitrogens is 1. The van der Waals surface area contributed by atoms with E-state index >= 15 is 0 Å². The number of nitrogens with one attached hydrogen (secondary N) is 3. The van der Waals surface area contributed by atoms with E-state index in [1.165, 1.54) is 0 Å². The molecule has 0 amide bonds. The second kappa shape index (κ2) is 11.1. The Bertz CT molecular complexity index is 921. The van der Waals surface area contributed by atoms with Gasteiger partial charge in [-0.15, -0.1) is 35.3 Å². The van der Waals surface area contributed by atoms with Crippen LogP contribution in [-0.2, 0) is 13.1 Å². The predicted molar refractivity (Wildman–Crippen MR) is 127 cm³/mol. The number of nitrogens with zero attached hydrogens (tertiary/aromatic N) is 4. The minimum Gasteiger partial charge on any atom is -0.497 e. The van der Waals surface area contributed by atoms with Crippen molar-refractivity contribution in [1.82, 2.24) is 30.8 Å². The maximum Gasteiger partial charge on any atom is 0.191 e. The van der Waals surface area contributed by atoms with Crippen molar-refractivity contribution >= 4 is 41.3 Å². The molecule has 8 nitrogen and oxygen atoms in total. The maximum absolute atomic E-state index is 5.17. The highest BCUT2D eigenvalue weighted by Crippen LogP contribution is 2.19. The average Bonchev–Trinajstić information content (AvgIpc) is 3.38. The van der Waals surface area contributed by atoms with Gasteiger partial charge in [0.05, 0.1) is 25.9 Å². The van der Waals surface area contributed by atoms with E-state index in [0.29, 0.717) is 30.8 Å². The quantitative estimate of drug-likeness (QED) is 0.247. The van der Waals surface area contributed by atoms with Crippen LogP contribution in [0.2, 0.25) is 0 Å². The predicted octanol–water partition coefficient (Wildman–Crippen LogP) is 3.54. The summed E-state index contributed by atoms with van der Waals surface area (Å²) in [6.45, 7) is 5.40. The fourth-order valence-corrected chi connectivity index (χ4v) is 3.36. The van der Waals surface area contributed by atoms with Gasteiger partial charge in [0.15, 0.2) is 11.8 Å². The normalized spacial score (nSPS) is 11.3. The van der Waals surface area contributed by atoms with Gasteiger partial charge in [-0.1, -0.05) is 13.8 Å². The summed E-state index contributed by atoms with van der Waals surface area (Å²) in [5.74, 6) is 3.30. The first-order valence-corrected chi connectivity index (χ1v) is 9.91. The Morgan fingerprint density at radius 2 is 1.90 bits per heavy atom. The van der Waals surface area contributed by atoms with E-state index in [2.05, 4.69) is 55.0 Å². The molecule has 0 spiro atoms. The largest absolute Gasteiger partial charge is 0.497 e. The van der Waals surface area contributed by atoms with Crippen LogP contribution in [0.3, 0.4) is 0 Å². The number of aromatic nitrogens is 4. The first-order valence-electron chi connectivity index (χ1n) is 9.03. The average molecular weight is 527 g/mol. The molecular weight excluding hydrogens is 501 g/mol. The highest BCUT2D eigenvalue weighted by Gasteiger charge is 2.09. The zero-order chi connectivity index (χ0) is 19.9. The number of hydrogen-bond acceptors (Lipinski definition) is 6. The number of benzene rings is 1. The molecule has 0 aliphatic heterocycles. The lowest BCUT2D eigenvalue weighted by Gasteiger charge is -2.09. The number of guanidine groups is 1. The maximum atomic E-state index is 5.17. The zero-order valence-electron chi connectivity index (χ0n) is 16.9. The topological polar surface area (TPSA) is 100 Å². The molecule has 0 fully saturated rings. The van der Waals surface area contributed by atoms with Crippen LogP contribution in [0.5, 0.6) is 5.75 Å². The van der Waals surface area contributed by atoms with Crippen LogP contribution in [0.1, 0.15) is 36.3 Å². The molecule has 1 aromatic carbocycles. The van der Waals surface area contributed by atoms with Gasteiger partial charge >= 0.3 is 0 Å². The van der Waals surface area contributed by atoms with Crippen molar-refractivity contribution in [2.45, 2.75) is 32.9 Å². The summed E-state index contributed by atoms with van der Waals surface area (Å²) in [7, 11) is 3.38. The number of methoxy groups -OCH3 is 1. The van der Waals surface area contributed by atoms with Gasteiger partial charge in [-0.3, -0.25) is 10.1 Å². The molecule has 3 N–H and O–H groups in total. The van der Waals surface area contributed by atoms with Crippen molar-refractivity contribution in [3.05, 3.63) is 46.2 Å². The smallest absolute Gasteiger partial charge is 0.191 e. The molecule has 0 aliphatic carbocycles. The Morgan fingerprint density at radius 3 is 2.52 bits per heavy atom. The van der Waals surface area contributed by atoms with Gasteiger partial charge in [0.2, 0.25) is 0 Å². The van der Waals surface area contributed by atoms with Crippen molar-refractivity contribution in [3.63, 3.8) is 0 Å². The minimum atomic E-state index is 0. The van der Waals surface area contributed by atoms with Gasteiger partial charge in [0.25, 0.3) is 0 Å². The van der Waals surface area contributed by atoms with Crippen LogP contribution in [0.4, 0.5) is 0 Å². The fourth-order valence-electron chi connectivity index (χ4n) is 2.46. The lowest BCUT2D eigenvalue weighted by molar-refractivity contribution is 0.415. The van der Waals surface area contributed by atoms with Crippen LogP contribution >= 0.6 is 35.3 Å². The molecule has 0 bridgehead atoms. The Labute approximate surface area is 191 Å². The number of rotatable bonds is 7. The number of hydrogen-bond donors (Lipinski definition) is 3. The van der Waals surface area contributed by atoms with E-state index in [0.717, 1.165) is 27.8 Å². The number of thiazole rings is 1. The van der Waals surface area contributed by atoms with Crippen LogP contribution in [-0.4, -0.2) is 40.3 Å². The SMILES string of the molecule is CN=C(NCc1nc(-c2ccc(OC)cc2)n[nH]1)NCc1nc(C(C)C)cs1.I. The van der Waals surface area contributed by atoms with E-state index in [4.69, 9.17) is 4.74 Å². The highest BCUT2D eigenvalue weighted by atomic mass is 127. The van der Waals surface area contributed by atoms with E-state index in [9.17, 15) is 0 Å². The molecule has 0 atom stereocenters. The zero-order valence-corrected chi connectivity index (χ0v) is 20.0. The Balaban J connectivity index is 0.00000300. The van der Waals surface area contributed by atoms with Gasteiger partial charge in [0, 0.05) is 18.0 Å². The molecule has 29 heavy (non-hydrogen) atoms. The molecule has 0 unspecified atom stereocenters. The lowest BCUT2D eigenvalue weighted by Crippen LogP contribution is -2.36. The second-order valence-corrected chi connectivity index (χ2v) is 7.38. The van der Waals surface area contributed by atoms with Gasteiger partial charge in [0.1, 0.15) is 16.6 Å². The molecule has 3 rings (SSSR count). The molecule has 2 aromatic heterocycles. The van der Waals surface area contributed by atoms with Crippen molar-refractivity contribution in [3.8, 4) is 17.1 Å². The molecule has 0 saturated carbocycles. The lowest BCUT2D eigenvalue weighted by atomic mass is 10.2. The Hall–Kier alpha value is -2.21. The number of ether oxygens (including phenoxy) is 1. The van der Waals surface area contributed by atoms with E-state index in [-0.39, 0.29) is 24.0 Å². The van der Waals surface area contributed by atoms with E-state index in [1.54, 1.807) is 25.5 Å². The third-order valence-corrected chi connectivity index (χ3v) is 4.96. The number of aliphatic imine (C=N–C) groups is 1. The summed E-state index contributed by atoms with van der Waals surface area (Å²) in [6.07, 6.45) is 0. The summed E-state index contributed by atoms with van der Waals surface area (Å²) in [6, 6.07) is 7.63. The van der Waals surface area contributed by atoms with Gasteiger partial charge < -0.3 is 15.4 Å². The van der Waals surface area contributed by atoms with Crippen LogP contribution in [0.15, 0.2) is 34.6 Å². The summed E-state index contributed by atoms with van der Waals surface area (Å²) in [5, 5.41) is 16.9. The van der Waals surface area contributed by atoms with Crippen LogP contribution in [0, 0.1) is 0 Å². The summed E-state index contributed by atoms with van der Waals surface area (Å²) < 4.78 is 5.17. The Kier molecular flexibility index (Phi) is 8.83. The first kappa shape index (κ1) is 23.1. The Morgan fingerprint density at radius 1 is 1.17 bits per heavy atom. The second-order valence-electron chi connectivity index (χ2n) is 6.43. The van der Waals surface area contributed by atoms with Gasteiger partial charge in [-0.2, -0.15) is 5.10 Å². The summed E-state index contributed by atoms with van der Waals surface area (Å²) >= 11 is 1.65. The molecular formula is C19H26IN7OS. The molecule has 10 heteroatoms. The first-order chi connectivity index (χ1) is 13.6. The summed E-state index contributed by atoms with van der Waals surface area (Å²) in [5.41, 5.74) is 2.05. The molecule has 3 aromatic rings. The van der Waals surface area contributed by atoms with E-state index < -0.39 is 0 Å². The van der Waals surface area contributed by atoms with Crippen LogP contribution < -0.4 is 15.4 Å². The summed E-state index contributed by atoms with van der Waals surface area (Å²) in [4.78, 5) is 13.4. The standard InChI is InChI=1S/C19H25N7OS.HI/c1-12(2)15-11-28-17(23-15)10-22-19(20-3)21-9-16-24-18(26-25-16)13-5-7-14(27-4)8-6-13;/h5-8,11-12H,9-10H2,1-4H3,(H2,20,21,22)(H,24,25,26);1H. The molecule has 0 radical (unpaired) electrons. The molecule has 0 aliphatic rings. The van der Waals surface area contributed by atoms with Crippen molar-refractivity contribution in [1.29, 1.82) is 0 Å². The minimum absolute atomic E-state index is 0. The number of aromatic amines is 1. The van der Waals surface area contributed by atoms with Gasteiger partial charge in [-0.05, 0) is 30.2 Å². The third-order valence-electron chi connectivity index (χ3n) is 4.09. The molecule has 0 saturated heterocycles. The molecule has 156 valence electrons. The van der Waals surface area contributed by atoms with Crippen molar-refractivity contribution in [2.75, 3.05) is 14.2 Å². The van der Waals surface area contributed by atoms with Crippen molar-refractivity contribution < 1.29 is 4.74 Å². The highest BCUT2D eigenvalue weighted by molar-refractivity contribution is 14.0.